The number of pyridine rings is 1. The number of carbonyl (C=O) groups is 1. The van der Waals surface area contributed by atoms with Gasteiger partial charge in [0.15, 0.2) is 6.29 Å². The van der Waals surface area contributed by atoms with Crippen molar-refractivity contribution in [3.05, 3.63) is 29.3 Å². The molecule has 1 rings (SSSR count). The number of nitrogens with zero attached hydrogens (tertiary/aromatic N) is 1. The molecule has 0 unspecified atom stereocenters. The number of rotatable bonds is 1. The van der Waals surface area contributed by atoms with E-state index in [1.165, 1.54) is 12.3 Å². The lowest BCUT2D eigenvalue weighted by Crippen LogP contribution is -1.92. The van der Waals surface area contributed by atoms with Crippen LogP contribution < -0.4 is 0 Å². The Hall–Kier alpha value is -1.21. The zero-order valence-corrected chi connectivity index (χ0v) is 8.14. The third-order valence-corrected chi connectivity index (χ3v) is 1.57. The summed E-state index contributed by atoms with van der Waals surface area (Å²) in [5.41, 5.74) is 0.462. The Morgan fingerprint density at radius 2 is 2.46 bits per heavy atom. The lowest BCUT2D eigenvalue weighted by molar-refractivity contribution is 0.111. The molecule has 0 spiro atoms. The molecule has 4 heteroatoms. The highest BCUT2D eigenvalue weighted by atomic mass is 79.9. The molecule has 66 valence electrons. The normalized spacial score (nSPS) is 8.77. The molecule has 0 fully saturated rings. The minimum atomic E-state index is -0.764. The van der Waals surface area contributed by atoms with Gasteiger partial charge in [-0.05, 0) is 6.07 Å². The van der Waals surface area contributed by atoms with Gasteiger partial charge in [-0.2, -0.15) is 4.39 Å². The van der Waals surface area contributed by atoms with Gasteiger partial charge in [-0.3, -0.25) is 4.79 Å². The number of aromatic nitrogens is 1. The van der Waals surface area contributed by atoms with E-state index < -0.39 is 5.95 Å². The number of carbonyl (C=O) groups excluding carboxylic acids is 1. The summed E-state index contributed by atoms with van der Waals surface area (Å²) in [7, 11) is 0. The van der Waals surface area contributed by atoms with Crippen molar-refractivity contribution in [1.82, 2.24) is 4.98 Å². The molecular weight excluding hydrogens is 237 g/mol. The van der Waals surface area contributed by atoms with Crippen LogP contribution in [-0.2, 0) is 0 Å². The molecule has 0 bridgehead atoms. The van der Waals surface area contributed by atoms with Gasteiger partial charge < -0.3 is 0 Å². The highest BCUT2D eigenvalue weighted by molar-refractivity contribution is 9.09. The third kappa shape index (κ3) is 2.63. The molecular formula is C9H5BrFNO. The van der Waals surface area contributed by atoms with Gasteiger partial charge in [0.25, 0.3) is 0 Å². The Labute approximate surface area is 83.3 Å². The minimum Gasteiger partial charge on any atom is -0.298 e. The number of halogens is 2. The smallest absolute Gasteiger partial charge is 0.223 e. The zero-order chi connectivity index (χ0) is 9.68. The molecule has 0 radical (unpaired) electrons. The molecule has 0 saturated heterocycles. The van der Waals surface area contributed by atoms with Crippen LogP contribution in [0.1, 0.15) is 15.9 Å². The molecule has 0 N–H and O–H groups in total. The standard InChI is InChI=1S/C9H5BrFNO/c10-3-1-2-7-4-8(6-13)9(11)12-5-7/h4-6H,3H2. The Balaban J connectivity index is 3.06. The maximum atomic E-state index is 12.7. The minimum absolute atomic E-state index is 0.0682. The van der Waals surface area contributed by atoms with E-state index in [1.807, 2.05) is 0 Å². The molecule has 0 atom stereocenters. The maximum absolute atomic E-state index is 12.7. The third-order valence-electron chi connectivity index (χ3n) is 1.29. The van der Waals surface area contributed by atoms with Crippen LogP contribution in [-0.4, -0.2) is 16.6 Å². The highest BCUT2D eigenvalue weighted by Gasteiger charge is 2.01. The molecule has 0 aliphatic carbocycles. The Kier molecular flexibility index (Phi) is 3.59. The van der Waals surface area contributed by atoms with Crippen LogP contribution in [0, 0.1) is 17.8 Å². The fourth-order valence-electron chi connectivity index (χ4n) is 0.752. The SMILES string of the molecule is O=Cc1cc(C#CCBr)cnc1F. The fraction of sp³-hybridized carbons (Fsp3) is 0.111. The molecule has 0 aliphatic rings. The van der Waals surface area contributed by atoms with Gasteiger partial charge in [-0.25, -0.2) is 4.98 Å². The first-order valence-corrected chi connectivity index (χ1v) is 4.55. The van der Waals surface area contributed by atoms with Crippen LogP contribution >= 0.6 is 15.9 Å². The summed E-state index contributed by atoms with van der Waals surface area (Å²) in [5.74, 6) is 4.67. The van der Waals surface area contributed by atoms with E-state index in [0.29, 0.717) is 17.2 Å². The molecule has 0 saturated carbocycles. The Morgan fingerprint density at radius 3 is 3.08 bits per heavy atom. The summed E-state index contributed by atoms with van der Waals surface area (Å²) in [5, 5.41) is 0.529. The van der Waals surface area contributed by atoms with Crippen molar-refractivity contribution in [3.8, 4) is 11.8 Å². The lowest BCUT2D eigenvalue weighted by Gasteiger charge is -1.93. The van der Waals surface area contributed by atoms with Crippen molar-refractivity contribution < 1.29 is 9.18 Å². The van der Waals surface area contributed by atoms with Crippen molar-refractivity contribution >= 4 is 22.2 Å². The van der Waals surface area contributed by atoms with Crippen molar-refractivity contribution in [3.63, 3.8) is 0 Å². The number of aldehydes is 1. The predicted octanol–water partition coefficient (Wildman–Crippen LogP) is 1.78. The largest absolute Gasteiger partial charge is 0.298 e. The molecule has 1 heterocycles. The zero-order valence-electron chi connectivity index (χ0n) is 6.55. The van der Waals surface area contributed by atoms with E-state index in [9.17, 15) is 9.18 Å². The molecule has 13 heavy (non-hydrogen) atoms. The fourth-order valence-corrected chi connectivity index (χ4v) is 0.892. The summed E-state index contributed by atoms with van der Waals surface area (Å²) in [6, 6.07) is 1.37. The average Bonchev–Trinajstić information content (AvgIpc) is 2.16. The average molecular weight is 242 g/mol. The first-order chi connectivity index (χ1) is 6.27. The first-order valence-electron chi connectivity index (χ1n) is 3.43. The van der Waals surface area contributed by atoms with E-state index in [2.05, 4.69) is 32.8 Å². The van der Waals surface area contributed by atoms with Crippen molar-refractivity contribution in [1.29, 1.82) is 0 Å². The van der Waals surface area contributed by atoms with Crippen LogP contribution in [0.15, 0.2) is 12.3 Å². The monoisotopic (exact) mass is 241 g/mol. The predicted molar refractivity (Wildman–Crippen MR) is 50.3 cm³/mol. The van der Waals surface area contributed by atoms with Gasteiger partial charge in [-0.15, -0.1) is 0 Å². The second-order valence-corrected chi connectivity index (χ2v) is 2.72. The summed E-state index contributed by atoms with van der Waals surface area (Å²) in [6.45, 7) is 0. The van der Waals surface area contributed by atoms with Crippen LogP contribution in [0.4, 0.5) is 4.39 Å². The Morgan fingerprint density at radius 1 is 1.69 bits per heavy atom. The summed E-state index contributed by atoms with van der Waals surface area (Å²) in [6.07, 6.45) is 1.71. The van der Waals surface area contributed by atoms with E-state index in [4.69, 9.17) is 0 Å². The number of hydrogen-bond acceptors (Lipinski definition) is 2. The first kappa shape index (κ1) is 9.87. The van der Waals surface area contributed by atoms with Crippen LogP contribution in [0.5, 0.6) is 0 Å². The van der Waals surface area contributed by atoms with E-state index in [-0.39, 0.29) is 5.56 Å². The van der Waals surface area contributed by atoms with Gasteiger partial charge in [0.05, 0.1) is 10.9 Å². The van der Waals surface area contributed by atoms with Gasteiger partial charge in [0, 0.05) is 11.8 Å². The van der Waals surface area contributed by atoms with Gasteiger partial charge in [0.2, 0.25) is 5.95 Å². The molecule has 0 aliphatic heterocycles. The summed E-state index contributed by atoms with van der Waals surface area (Å²) in [4.78, 5) is 13.7. The summed E-state index contributed by atoms with van der Waals surface area (Å²) < 4.78 is 12.7. The molecule has 0 aromatic carbocycles. The van der Waals surface area contributed by atoms with E-state index in [1.54, 1.807) is 0 Å². The van der Waals surface area contributed by atoms with Gasteiger partial charge in [0.1, 0.15) is 0 Å². The molecule has 1 aromatic heterocycles. The highest BCUT2D eigenvalue weighted by Crippen LogP contribution is 2.03. The van der Waals surface area contributed by atoms with Crippen LogP contribution in [0.25, 0.3) is 0 Å². The van der Waals surface area contributed by atoms with Gasteiger partial charge in [-0.1, -0.05) is 27.8 Å². The van der Waals surface area contributed by atoms with E-state index in [0.717, 1.165) is 0 Å². The lowest BCUT2D eigenvalue weighted by atomic mass is 10.2. The van der Waals surface area contributed by atoms with Crippen LogP contribution in [0.3, 0.4) is 0 Å². The summed E-state index contributed by atoms with van der Waals surface area (Å²) >= 11 is 3.12. The van der Waals surface area contributed by atoms with Crippen molar-refractivity contribution in [2.75, 3.05) is 5.33 Å². The van der Waals surface area contributed by atoms with E-state index >= 15 is 0 Å². The quantitative estimate of drug-likeness (QED) is 0.325. The second-order valence-electron chi connectivity index (χ2n) is 2.16. The van der Waals surface area contributed by atoms with Crippen molar-refractivity contribution in [2.45, 2.75) is 0 Å². The van der Waals surface area contributed by atoms with Crippen LogP contribution in [0.2, 0.25) is 0 Å². The topological polar surface area (TPSA) is 30.0 Å². The molecule has 2 nitrogen and oxygen atoms in total. The molecule has 1 aromatic rings. The van der Waals surface area contributed by atoms with Gasteiger partial charge >= 0.3 is 0 Å². The number of alkyl halides is 1. The maximum Gasteiger partial charge on any atom is 0.223 e. The Bertz CT molecular complexity index is 381. The second kappa shape index (κ2) is 4.73. The number of hydrogen-bond donors (Lipinski definition) is 0. The van der Waals surface area contributed by atoms with Crippen molar-refractivity contribution in [2.24, 2.45) is 0 Å². The molecule has 0 amide bonds.